The lowest BCUT2D eigenvalue weighted by molar-refractivity contribution is -0.134. The normalized spacial score (nSPS) is 13.5. The Morgan fingerprint density at radius 2 is 0.630 bits per heavy atom. The van der Waals surface area contributed by atoms with Gasteiger partial charge >= 0.3 is 0 Å². The molecular weight excluding hydrogens is 1180 g/mol. The predicted molar refractivity (Wildman–Crippen MR) is 372 cm³/mol. The van der Waals surface area contributed by atoms with E-state index < -0.39 is 57.6 Å². The number of H-pyrrole nitrogens is 3. The van der Waals surface area contributed by atoms with Crippen molar-refractivity contribution < 1.29 is 28.8 Å². The van der Waals surface area contributed by atoms with Gasteiger partial charge in [-0.25, -0.2) is 0 Å². The number of unbranched alkanes of at least 4 members (excludes halogenated alkanes) is 3. The minimum atomic E-state index is -1.88. The lowest BCUT2D eigenvalue weighted by Gasteiger charge is -2.28. The number of ketones is 3. The molecule has 92 heavy (non-hydrogen) atoms. The number of nitrogens with two attached hydrogens (primary N) is 6. The summed E-state index contributed by atoms with van der Waals surface area (Å²) in [5, 5.41) is 11.6. The first-order chi connectivity index (χ1) is 43.5. The van der Waals surface area contributed by atoms with Crippen molar-refractivity contribution in [3.8, 4) is 0 Å². The van der Waals surface area contributed by atoms with Gasteiger partial charge in [-0.3, -0.25) is 28.8 Å². The van der Waals surface area contributed by atoms with Crippen LogP contribution in [0.3, 0.4) is 0 Å². The topological polar surface area (TPSA) is 342 Å². The number of carbonyl (C=O) groups is 6. The molecule has 19 heteroatoms. The van der Waals surface area contributed by atoms with Crippen LogP contribution in [0.1, 0.15) is 131 Å². The summed E-state index contributed by atoms with van der Waals surface area (Å²) in [5.74, 6) is -3.66. The second kappa shape index (κ2) is 29.8. The maximum atomic E-state index is 14.5. The van der Waals surface area contributed by atoms with Crippen molar-refractivity contribution in [2.45, 2.75) is 141 Å². The molecule has 0 aliphatic heterocycles. The second-order valence-corrected chi connectivity index (χ2v) is 24.9. The largest absolute Gasteiger partial charge is 0.358 e. The number of aromatic nitrogens is 3. The molecule has 0 aliphatic rings. The SMILES string of the molecule is Cc1ccc2c(CC(=O)[C@@](N)(CCCCN)C(=O)Nc3ccc(C(c4ccc(NC(=O)[C@](N)(CCCCN)C(=O)Cc5c(C)[nH]c6cc(C)ccc56)cc4)c4ccc(NC(=O)[C@](N)(CCCCN)C(=O)Cc5c(C)[nH]c6cc(C)ccc56)cc4)cc3)c(C)[nH]c2c1.Cl. The zero-order valence-corrected chi connectivity index (χ0v) is 54.4. The highest BCUT2D eigenvalue weighted by molar-refractivity contribution is 6.18. The number of amides is 3. The van der Waals surface area contributed by atoms with E-state index in [1.165, 1.54) is 0 Å². The summed E-state index contributed by atoms with van der Waals surface area (Å²) < 4.78 is 0. The van der Waals surface area contributed by atoms with Gasteiger partial charge in [0.2, 0.25) is 0 Å². The summed E-state index contributed by atoms with van der Waals surface area (Å²) in [6, 6.07) is 39.7. The molecule has 0 aliphatic carbocycles. The summed E-state index contributed by atoms with van der Waals surface area (Å²) in [7, 11) is 0. The molecule has 0 saturated carbocycles. The maximum Gasteiger partial charge on any atom is 0.252 e. The molecule has 3 amide bonds. The van der Waals surface area contributed by atoms with E-state index in [4.69, 9.17) is 34.4 Å². The van der Waals surface area contributed by atoms with Gasteiger partial charge in [-0.1, -0.05) is 72.8 Å². The van der Waals surface area contributed by atoms with Crippen molar-refractivity contribution in [1.29, 1.82) is 0 Å². The summed E-state index contributed by atoms with van der Waals surface area (Å²) in [6.07, 6.45) is 3.21. The Bertz CT molecular complexity index is 3730. The first-order valence-corrected chi connectivity index (χ1v) is 31.5. The van der Waals surface area contributed by atoms with Crippen molar-refractivity contribution in [3.63, 3.8) is 0 Å². The van der Waals surface area contributed by atoms with E-state index in [2.05, 4.69) is 30.9 Å². The molecule has 3 atom stereocenters. The van der Waals surface area contributed by atoms with Crippen LogP contribution in [0.5, 0.6) is 0 Å². The third-order valence-corrected chi connectivity index (χ3v) is 18.1. The van der Waals surface area contributed by atoms with E-state index >= 15 is 0 Å². The number of carbonyl (C=O) groups excluding carboxylic acids is 6. The Morgan fingerprint density at radius 1 is 0.380 bits per heavy atom. The number of Topliss-reactive ketones (excluding diaryl/α,β-unsaturated/α-hetero) is 3. The number of aryl methyl sites for hydroxylation is 6. The van der Waals surface area contributed by atoms with E-state index in [-0.39, 0.29) is 50.9 Å². The third-order valence-electron chi connectivity index (χ3n) is 18.1. The molecule has 6 aromatic carbocycles. The first-order valence-electron chi connectivity index (χ1n) is 31.5. The van der Waals surface area contributed by atoms with Crippen molar-refractivity contribution >= 4 is 97.2 Å². The lowest BCUT2D eigenvalue weighted by atomic mass is 9.83. The molecule has 0 bridgehead atoms. The second-order valence-electron chi connectivity index (χ2n) is 24.9. The minimum Gasteiger partial charge on any atom is -0.358 e. The van der Waals surface area contributed by atoms with E-state index in [1.54, 1.807) is 36.4 Å². The van der Waals surface area contributed by atoms with Gasteiger partial charge in [-0.2, -0.15) is 0 Å². The summed E-state index contributed by atoms with van der Waals surface area (Å²) >= 11 is 0. The molecule has 0 spiro atoms. The molecule has 0 saturated heterocycles. The first kappa shape index (κ1) is 69.3. The van der Waals surface area contributed by atoms with Crippen LogP contribution in [0.2, 0.25) is 0 Å². The van der Waals surface area contributed by atoms with Crippen molar-refractivity contribution in [2.24, 2.45) is 34.4 Å². The molecule has 18 nitrogen and oxygen atoms in total. The van der Waals surface area contributed by atoms with Crippen LogP contribution in [0.4, 0.5) is 17.1 Å². The highest BCUT2D eigenvalue weighted by Gasteiger charge is 2.44. The van der Waals surface area contributed by atoms with Gasteiger partial charge < -0.3 is 65.3 Å². The van der Waals surface area contributed by atoms with Gasteiger partial charge in [0, 0.05) is 92.0 Å². The van der Waals surface area contributed by atoms with Crippen LogP contribution in [0.15, 0.2) is 127 Å². The Balaban J connectivity index is 0.0000109. The summed E-state index contributed by atoms with van der Waals surface area (Å²) in [5.41, 5.74) is 47.2. The van der Waals surface area contributed by atoms with Gasteiger partial charge in [0.25, 0.3) is 17.7 Å². The average Bonchev–Trinajstić information content (AvgIpc) is 1.63. The highest BCUT2D eigenvalue weighted by atomic mass is 35.5. The number of nitrogens with one attached hydrogen (secondary N) is 6. The molecule has 0 radical (unpaired) electrons. The molecule has 3 heterocycles. The van der Waals surface area contributed by atoms with Crippen LogP contribution in [-0.2, 0) is 48.0 Å². The van der Waals surface area contributed by atoms with Crippen LogP contribution in [0.25, 0.3) is 32.7 Å². The van der Waals surface area contributed by atoms with E-state index in [0.717, 1.165) is 99.9 Å². The number of aromatic amines is 3. The number of hydrogen-bond donors (Lipinski definition) is 12. The Hall–Kier alpha value is -8.59. The van der Waals surface area contributed by atoms with Gasteiger partial charge in [-0.05, 0) is 224 Å². The third kappa shape index (κ3) is 15.1. The van der Waals surface area contributed by atoms with Gasteiger partial charge in [0.15, 0.2) is 34.0 Å². The standard InChI is InChI=1S/C73H88N12O6.ClH/c1-43-13-28-55-58(46(4)80-61(55)37-43)40-64(86)71(77,31-7-10-34-74)68(89)83-52-22-16-49(17-23-52)67(50-18-24-53(25-19-50)84-69(90)72(78,32-8-11-35-75)65(87)41-59-47(5)81-62-38-44(2)14-29-56(59)62)51-20-26-54(27-21-51)85-70(91)73(79,33-9-12-36-76)66(88)42-60-48(6)82-63-39-45(3)15-30-57(60)63;/h13-30,37-39,67,80-82H,7-12,31-36,40-42,74-79H2,1-6H3,(H,83,89)(H,84,90)(H,85,91);1H/t71-,72-,73-;/m0./s1. The van der Waals surface area contributed by atoms with Gasteiger partial charge in [0.05, 0.1) is 0 Å². The summed E-state index contributed by atoms with van der Waals surface area (Å²) in [6.45, 7) is 12.8. The van der Waals surface area contributed by atoms with Crippen LogP contribution < -0.4 is 50.4 Å². The maximum absolute atomic E-state index is 14.5. The van der Waals surface area contributed by atoms with E-state index in [1.807, 2.05) is 133 Å². The Morgan fingerprint density at radius 3 is 0.870 bits per heavy atom. The highest BCUT2D eigenvalue weighted by Crippen LogP contribution is 2.36. The molecule has 18 N–H and O–H groups in total. The molecule has 0 fully saturated rings. The Kier molecular flexibility index (Phi) is 22.4. The molecule has 484 valence electrons. The number of hydrogen-bond acceptors (Lipinski definition) is 12. The van der Waals surface area contributed by atoms with Crippen molar-refractivity contribution in [1.82, 2.24) is 15.0 Å². The fourth-order valence-electron chi connectivity index (χ4n) is 12.5. The monoisotopic (exact) mass is 1260 g/mol. The number of benzene rings is 6. The summed E-state index contributed by atoms with van der Waals surface area (Å²) in [4.78, 5) is 96.8. The quantitative estimate of drug-likeness (QED) is 0.0114. The molecular formula is C73H89ClN12O6. The number of rotatable bonds is 30. The van der Waals surface area contributed by atoms with Gasteiger partial charge in [0.1, 0.15) is 0 Å². The van der Waals surface area contributed by atoms with Gasteiger partial charge in [-0.15, -0.1) is 12.4 Å². The number of halogens is 1. The van der Waals surface area contributed by atoms with E-state index in [9.17, 15) is 28.8 Å². The smallest absolute Gasteiger partial charge is 0.252 e. The molecule has 9 aromatic rings. The van der Waals surface area contributed by atoms with Crippen LogP contribution in [0, 0.1) is 41.5 Å². The predicted octanol–water partition coefficient (Wildman–Crippen LogP) is 10.3. The van der Waals surface area contributed by atoms with Crippen molar-refractivity contribution in [3.05, 3.63) is 195 Å². The van der Waals surface area contributed by atoms with Crippen molar-refractivity contribution in [2.75, 3.05) is 35.6 Å². The zero-order valence-electron chi connectivity index (χ0n) is 53.6. The van der Waals surface area contributed by atoms with Crippen LogP contribution >= 0.6 is 12.4 Å². The molecule has 9 rings (SSSR count). The molecule has 3 aromatic heterocycles. The average molecular weight is 1270 g/mol. The minimum absolute atomic E-state index is 0. The molecule has 0 unspecified atom stereocenters. The Labute approximate surface area is 544 Å². The fourth-order valence-corrected chi connectivity index (χ4v) is 12.5. The van der Waals surface area contributed by atoms with E-state index in [0.29, 0.717) is 75.2 Å². The number of anilines is 3. The number of fused-ring (bicyclic) bond motifs is 3. The van der Waals surface area contributed by atoms with Crippen LogP contribution in [-0.4, -0.2) is 86.3 Å². The fraction of sp³-hybridized carbons (Fsp3) is 0.342. The zero-order chi connectivity index (χ0) is 65.4. The lowest BCUT2D eigenvalue weighted by Crippen LogP contribution is -2.58.